The molecule has 3 heterocycles. The molecule has 2 atom stereocenters. The molecule has 5 rings (SSSR count). The normalized spacial score (nSPS) is 18.0. The lowest BCUT2D eigenvalue weighted by molar-refractivity contribution is -0.138. The fourth-order valence-electron chi connectivity index (χ4n) is 5.72. The van der Waals surface area contributed by atoms with E-state index in [0.29, 0.717) is 12.1 Å². The number of rotatable bonds is 10. The predicted molar refractivity (Wildman–Crippen MR) is 154 cm³/mol. The van der Waals surface area contributed by atoms with Crippen LogP contribution in [0.15, 0.2) is 66.7 Å². The first-order valence-electron chi connectivity index (χ1n) is 14.2. The van der Waals surface area contributed by atoms with Crippen LogP contribution in [0.25, 0.3) is 11.1 Å². The summed E-state index contributed by atoms with van der Waals surface area (Å²) >= 11 is 0. The first-order valence-corrected chi connectivity index (χ1v) is 14.2. The number of carboxylic acid groups (broad SMARTS) is 1. The minimum absolute atomic E-state index is 0.0485. The smallest absolute Gasteiger partial charge is 0.312 e. The van der Waals surface area contributed by atoms with Crippen molar-refractivity contribution in [3.63, 3.8) is 0 Å². The molecule has 0 spiro atoms. The van der Waals surface area contributed by atoms with Gasteiger partial charge in [0.25, 0.3) is 0 Å². The zero-order chi connectivity index (χ0) is 27.0. The molecule has 1 fully saturated rings. The van der Waals surface area contributed by atoms with E-state index in [1.807, 2.05) is 54.6 Å². The van der Waals surface area contributed by atoms with Gasteiger partial charge in [0, 0.05) is 25.3 Å². The van der Waals surface area contributed by atoms with Gasteiger partial charge in [-0.05, 0) is 79.9 Å². The van der Waals surface area contributed by atoms with Crippen molar-refractivity contribution in [1.82, 2.24) is 15.2 Å². The molecule has 2 aliphatic heterocycles. The van der Waals surface area contributed by atoms with Crippen LogP contribution >= 0.6 is 0 Å². The van der Waals surface area contributed by atoms with Crippen LogP contribution in [-0.2, 0) is 22.4 Å². The molecule has 3 N–H and O–H groups in total. The van der Waals surface area contributed by atoms with Crippen molar-refractivity contribution < 1.29 is 14.7 Å². The van der Waals surface area contributed by atoms with Gasteiger partial charge in [-0.15, -0.1) is 0 Å². The van der Waals surface area contributed by atoms with Crippen LogP contribution in [0.5, 0.6) is 0 Å². The van der Waals surface area contributed by atoms with Crippen molar-refractivity contribution in [2.45, 2.75) is 44.4 Å². The number of benzene rings is 2. The maximum absolute atomic E-state index is 13.1. The molecule has 0 bridgehead atoms. The lowest BCUT2D eigenvalue weighted by Gasteiger charge is -2.32. The molecule has 39 heavy (non-hydrogen) atoms. The van der Waals surface area contributed by atoms with Crippen LogP contribution in [-0.4, -0.2) is 59.6 Å². The van der Waals surface area contributed by atoms with Crippen molar-refractivity contribution in [3.05, 3.63) is 83.6 Å². The van der Waals surface area contributed by atoms with Crippen molar-refractivity contribution >= 4 is 17.7 Å². The van der Waals surface area contributed by atoms with E-state index in [1.165, 1.54) is 5.56 Å². The number of hydrogen-bond donors (Lipinski definition) is 3. The molecular formula is C32H38N4O3. The number of nitrogens with zero attached hydrogens (tertiary/aromatic N) is 2. The Balaban J connectivity index is 1.12. The number of piperidine rings is 1. The summed E-state index contributed by atoms with van der Waals surface area (Å²) < 4.78 is 0. The summed E-state index contributed by atoms with van der Waals surface area (Å²) in [7, 11) is 0. The number of likely N-dealkylation sites (tertiary alicyclic amines) is 1. The average Bonchev–Trinajstić information content (AvgIpc) is 2.98. The van der Waals surface area contributed by atoms with Crippen LogP contribution in [0.1, 0.15) is 48.4 Å². The molecule has 3 aromatic rings. The molecule has 2 aromatic carbocycles. The number of anilines is 1. The SMILES string of the molecule is O=C(NC[C@@H](C(=O)O)c1cccc(-c2ccccc2)c1)[C@@H]1CCCN(CCCc2ccc3c(n2)NCCC3)C1. The molecule has 204 valence electrons. The molecule has 1 amide bonds. The maximum atomic E-state index is 13.1. The molecule has 0 unspecified atom stereocenters. The van der Waals surface area contributed by atoms with E-state index in [1.54, 1.807) is 0 Å². The highest BCUT2D eigenvalue weighted by Crippen LogP contribution is 2.25. The number of hydrogen-bond acceptors (Lipinski definition) is 5. The first kappa shape index (κ1) is 26.9. The van der Waals surface area contributed by atoms with Gasteiger partial charge in [-0.1, -0.05) is 60.7 Å². The van der Waals surface area contributed by atoms with E-state index in [2.05, 4.69) is 27.7 Å². The molecule has 0 radical (unpaired) electrons. The van der Waals surface area contributed by atoms with Crippen LogP contribution < -0.4 is 10.6 Å². The number of aromatic nitrogens is 1. The number of aliphatic carboxylic acids is 1. The number of carboxylic acids is 1. The number of pyridine rings is 1. The molecule has 2 aliphatic rings. The minimum atomic E-state index is -0.934. The topological polar surface area (TPSA) is 94.6 Å². The highest BCUT2D eigenvalue weighted by Gasteiger charge is 2.28. The van der Waals surface area contributed by atoms with Crippen LogP contribution in [0.3, 0.4) is 0 Å². The molecular weight excluding hydrogens is 488 g/mol. The Bertz CT molecular complexity index is 1280. The molecule has 1 aromatic heterocycles. The van der Waals surface area contributed by atoms with Gasteiger partial charge in [0.05, 0.1) is 11.8 Å². The summed E-state index contributed by atoms with van der Waals surface area (Å²) in [5.74, 6) is -0.852. The standard InChI is InChI=1S/C32H38N4O3/c37-31(34-21-29(32(38)39)26-11-4-10-25(20-26)23-8-2-1-3-9-23)27-13-6-18-36(22-27)19-7-14-28-16-15-24-12-5-17-33-30(24)35-28/h1-4,8-11,15-16,20,27,29H,5-7,12-14,17-19,21-22H2,(H,33,35)(H,34,37)(H,38,39)/t27-,29-/m1/s1. The second-order valence-electron chi connectivity index (χ2n) is 10.7. The summed E-state index contributed by atoms with van der Waals surface area (Å²) in [5.41, 5.74) is 5.12. The summed E-state index contributed by atoms with van der Waals surface area (Å²) in [6.45, 7) is 3.72. The Kier molecular flexibility index (Phi) is 8.89. The third-order valence-electron chi connectivity index (χ3n) is 7.91. The predicted octanol–water partition coefficient (Wildman–Crippen LogP) is 4.74. The second kappa shape index (κ2) is 12.9. The van der Waals surface area contributed by atoms with Gasteiger partial charge >= 0.3 is 5.97 Å². The fraction of sp³-hybridized carbons (Fsp3) is 0.406. The van der Waals surface area contributed by atoms with Gasteiger partial charge in [0.1, 0.15) is 5.82 Å². The van der Waals surface area contributed by atoms with E-state index >= 15 is 0 Å². The monoisotopic (exact) mass is 526 g/mol. The van der Waals surface area contributed by atoms with Crippen LogP contribution in [0.4, 0.5) is 5.82 Å². The summed E-state index contributed by atoms with van der Waals surface area (Å²) in [5, 5.41) is 16.3. The van der Waals surface area contributed by atoms with Gasteiger partial charge in [-0.25, -0.2) is 4.98 Å². The third kappa shape index (κ3) is 7.03. The Morgan fingerprint density at radius 1 is 1.05 bits per heavy atom. The Hall–Kier alpha value is -3.71. The van der Waals surface area contributed by atoms with E-state index in [9.17, 15) is 14.7 Å². The number of carbonyl (C=O) groups is 2. The van der Waals surface area contributed by atoms with Gasteiger partial charge in [-0.3, -0.25) is 9.59 Å². The van der Waals surface area contributed by atoms with Gasteiger partial charge in [-0.2, -0.15) is 0 Å². The Labute approximate surface area is 230 Å². The van der Waals surface area contributed by atoms with E-state index in [-0.39, 0.29) is 18.4 Å². The highest BCUT2D eigenvalue weighted by molar-refractivity contribution is 5.82. The first-order chi connectivity index (χ1) is 19.1. The van der Waals surface area contributed by atoms with Crippen molar-refractivity contribution in [2.75, 3.05) is 38.0 Å². The number of fused-ring (bicyclic) bond motifs is 1. The number of nitrogens with one attached hydrogen (secondary N) is 2. The summed E-state index contributed by atoms with van der Waals surface area (Å²) in [4.78, 5) is 32.4. The zero-order valence-corrected chi connectivity index (χ0v) is 22.4. The van der Waals surface area contributed by atoms with Crippen LogP contribution in [0, 0.1) is 5.92 Å². The number of amides is 1. The summed E-state index contributed by atoms with van der Waals surface area (Å²) in [6, 6.07) is 21.8. The minimum Gasteiger partial charge on any atom is -0.481 e. The van der Waals surface area contributed by atoms with E-state index in [0.717, 1.165) is 80.8 Å². The number of aryl methyl sites for hydroxylation is 2. The lowest BCUT2D eigenvalue weighted by atomic mass is 9.93. The Morgan fingerprint density at radius 3 is 2.74 bits per heavy atom. The van der Waals surface area contributed by atoms with Gasteiger partial charge in [0.15, 0.2) is 0 Å². The molecule has 1 saturated heterocycles. The van der Waals surface area contributed by atoms with Gasteiger partial charge < -0.3 is 20.6 Å². The Morgan fingerprint density at radius 2 is 1.90 bits per heavy atom. The van der Waals surface area contributed by atoms with Crippen molar-refractivity contribution in [1.29, 1.82) is 0 Å². The molecule has 0 aliphatic carbocycles. The van der Waals surface area contributed by atoms with Crippen LogP contribution in [0.2, 0.25) is 0 Å². The largest absolute Gasteiger partial charge is 0.481 e. The van der Waals surface area contributed by atoms with E-state index in [4.69, 9.17) is 4.98 Å². The quantitative estimate of drug-likeness (QED) is 0.353. The van der Waals surface area contributed by atoms with Gasteiger partial charge in [0.2, 0.25) is 5.91 Å². The third-order valence-corrected chi connectivity index (χ3v) is 7.91. The molecule has 7 nitrogen and oxygen atoms in total. The molecule has 0 saturated carbocycles. The molecule has 7 heteroatoms. The fourth-order valence-corrected chi connectivity index (χ4v) is 5.72. The maximum Gasteiger partial charge on any atom is 0.312 e. The second-order valence-corrected chi connectivity index (χ2v) is 10.7. The number of carbonyl (C=O) groups excluding carboxylic acids is 1. The lowest BCUT2D eigenvalue weighted by Crippen LogP contribution is -2.44. The van der Waals surface area contributed by atoms with E-state index < -0.39 is 11.9 Å². The highest BCUT2D eigenvalue weighted by atomic mass is 16.4. The zero-order valence-electron chi connectivity index (χ0n) is 22.4. The van der Waals surface area contributed by atoms with Crippen molar-refractivity contribution in [2.24, 2.45) is 5.92 Å². The average molecular weight is 527 g/mol. The van der Waals surface area contributed by atoms with Crippen molar-refractivity contribution in [3.8, 4) is 11.1 Å². The summed E-state index contributed by atoms with van der Waals surface area (Å²) in [6.07, 6.45) is 5.99.